The highest BCUT2D eigenvalue weighted by Gasteiger charge is 2.33. The third-order valence-electron chi connectivity index (χ3n) is 3.56. The molecule has 1 N–H and O–H groups in total. The molecular formula is C16H15BrClFO. The molecule has 20 heavy (non-hydrogen) atoms. The molecule has 2 rings (SSSR count). The van der Waals surface area contributed by atoms with E-state index in [2.05, 4.69) is 15.9 Å². The molecule has 0 aliphatic heterocycles. The molecule has 0 fully saturated rings. The van der Waals surface area contributed by atoms with Crippen molar-refractivity contribution in [2.24, 2.45) is 0 Å². The summed E-state index contributed by atoms with van der Waals surface area (Å²) in [5.41, 5.74) is 0.511. The number of benzene rings is 2. The average molecular weight is 358 g/mol. The molecule has 0 amide bonds. The SMILES string of the molecule is CC(C)(c1ccccc1)C(O)c1ccc(Br)c(Cl)c1F. The number of hydrogen-bond acceptors (Lipinski definition) is 1. The van der Waals surface area contributed by atoms with Gasteiger partial charge in [0.05, 0.1) is 11.1 Å². The highest BCUT2D eigenvalue weighted by Crippen LogP contribution is 2.40. The summed E-state index contributed by atoms with van der Waals surface area (Å²) in [6.45, 7) is 3.75. The Bertz CT molecular complexity index is 613. The van der Waals surface area contributed by atoms with E-state index in [1.807, 2.05) is 44.2 Å². The van der Waals surface area contributed by atoms with Crippen molar-refractivity contribution in [2.75, 3.05) is 0 Å². The Morgan fingerprint density at radius 1 is 1.15 bits per heavy atom. The Morgan fingerprint density at radius 3 is 2.35 bits per heavy atom. The number of rotatable bonds is 3. The van der Waals surface area contributed by atoms with Crippen LogP contribution in [0, 0.1) is 5.82 Å². The Morgan fingerprint density at radius 2 is 1.75 bits per heavy atom. The number of halogens is 3. The topological polar surface area (TPSA) is 20.2 Å². The van der Waals surface area contributed by atoms with Gasteiger partial charge in [-0.1, -0.05) is 61.8 Å². The minimum Gasteiger partial charge on any atom is -0.387 e. The van der Waals surface area contributed by atoms with Gasteiger partial charge in [-0.25, -0.2) is 4.39 Å². The highest BCUT2D eigenvalue weighted by atomic mass is 79.9. The zero-order valence-corrected chi connectivity index (χ0v) is 13.5. The standard InChI is InChI=1S/C16H15BrClFO/c1-16(2,10-6-4-3-5-7-10)15(20)11-8-9-12(17)13(18)14(11)19/h3-9,15,20H,1-2H3. The van der Waals surface area contributed by atoms with Crippen molar-refractivity contribution in [1.82, 2.24) is 0 Å². The second-order valence-electron chi connectivity index (χ2n) is 5.25. The Hall–Kier alpha value is -0.900. The van der Waals surface area contributed by atoms with Crippen molar-refractivity contribution in [3.63, 3.8) is 0 Å². The molecule has 0 saturated heterocycles. The van der Waals surface area contributed by atoms with Crippen LogP contribution < -0.4 is 0 Å². The van der Waals surface area contributed by atoms with E-state index in [1.54, 1.807) is 12.1 Å². The lowest BCUT2D eigenvalue weighted by Crippen LogP contribution is -2.27. The maximum Gasteiger partial charge on any atom is 0.148 e. The molecule has 0 aromatic heterocycles. The summed E-state index contributed by atoms with van der Waals surface area (Å²) >= 11 is 9.06. The lowest BCUT2D eigenvalue weighted by Gasteiger charge is -2.32. The minimum absolute atomic E-state index is 0.00888. The molecular weight excluding hydrogens is 343 g/mol. The monoisotopic (exact) mass is 356 g/mol. The second-order valence-corrected chi connectivity index (χ2v) is 6.49. The van der Waals surface area contributed by atoms with Crippen molar-refractivity contribution in [3.05, 3.63) is 68.9 Å². The third kappa shape index (κ3) is 2.76. The Labute approximate surface area is 131 Å². The summed E-state index contributed by atoms with van der Waals surface area (Å²) in [5.74, 6) is -0.586. The maximum atomic E-state index is 14.2. The maximum absolute atomic E-state index is 14.2. The third-order valence-corrected chi connectivity index (χ3v) is 4.82. The summed E-state index contributed by atoms with van der Waals surface area (Å²) in [5, 5.41) is 10.6. The van der Waals surface area contributed by atoms with Gasteiger partial charge in [0.2, 0.25) is 0 Å². The van der Waals surface area contributed by atoms with Crippen LogP contribution in [0.25, 0.3) is 0 Å². The van der Waals surface area contributed by atoms with Gasteiger partial charge in [-0.05, 0) is 27.6 Å². The van der Waals surface area contributed by atoms with E-state index in [9.17, 15) is 9.50 Å². The van der Waals surface area contributed by atoms with Gasteiger partial charge in [0.1, 0.15) is 5.82 Å². The summed E-state index contributed by atoms with van der Waals surface area (Å²) in [6, 6.07) is 12.7. The molecule has 0 saturated carbocycles. The predicted octanol–water partition coefficient (Wildman–Crippen LogP) is 5.25. The van der Waals surface area contributed by atoms with E-state index in [1.165, 1.54) is 0 Å². The normalized spacial score (nSPS) is 13.3. The lowest BCUT2D eigenvalue weighted by molar-refractivity contribution is 0.0966. The number of hydrogen-bond donors (Lipinski definition) is 1. The van der Waals surface area contributed by atoms with Crippen LogP contribution >= 0.6 is 27.5 Å². The molecule has 1 unspecified atom stereocenters. The molecule has 2 aromatic carbocycles. The van der Waals surface area contributed by atoms with Crippen molar-refractivity contribution >= 4 is 27.5 Å². The van der Waals surface area contributed by atoms with Crippen LogP contribution in [0.2, 0.25) is 5.02 Å². The highest BCUT2D eigenvalue weighted by molar-refractivity contribution is 9.10. The average Bonchev–Trinajstić information content (AvgIpc) is 2.45. The predicted molar refractivity (Wildman–Crippen MR) is 83.5 cm³/mol. The van der Waals surface area contributed by atoms with Gasteiger partial charge in [0.15, 0.2) is 0 Å². The summed E-state index contributed by atoms with van der Waals surface area (Å²) in [6.07, 6.45) is -0.990. The molecule has 1 atom stereocenters. The fraction of sp³-hybridized carbons (Fsp3) is 0.250. The first-order valence-corrected chi connectivity index (χ1v) is 7.39. The van der Waals surface area contributed by atoms with Gasteiger partial charge in [-0.15, -0.1) is 0 Å². The van der Waals surface area contributed by atoms with Crippen LogP contribution in [0.4, 0.5) is 4.39 Å². The van der Waals surface area contributed by atoms with Gasteiger partial charge in [-0.2, -0.15) is 0 Å². The van der Waals surface area contributed by atoms with Gasteiger partial charge in [0, 0.05) is 15.5 Å². The van der Waals surface area contributed by atoms with Gasteiger partial charge >= 0.3 is 0 Å². The van der Waals surface area contributed by atoms with Crippen LogP contribution in [-0.4, -0.2) is 5.11 Å². The lowest BCUT2D eigenvalue weighted by atomic mass is 9.76. The van der Waals surface area contributed by atoms with E-state index in [-0.39, 0.29) is 10.6 Å². The van der Waals surface area contributed by atoms with Crippen molar-refractivity contribution in [1.29, 1.82) is 0 Å². The zero-order chi connectivity index (χ0) is 14.9. The first-order chi connectivity index (χ1) is 9.35. The van der Waals surface area contributed by atoms with Crippen molar-refractivity contribution in [3.8, 4) is 0 Å². The van der Waals surface area contributed by atoms with E-state index < -0.39 is 17.3 Å². The molecule has 0 aliphatic rings. The van der Waals surface area contributed by atoms with Crippen LogP contribution in [0.5, 0.6) is 0 Å². The van der Waals surface area contributed by atoms with E-state index >= 15 is 0 Å². The molecule has 1 nitrogen and oxygen atoms in total. The summed E-state index contributed by atoms with van der Waals surface area (Å²) in [4.78, 5) is 0. The van der Waals surface area contributed by atoms with E-state index in [0.29, 0.717) is 4.47 Å². The van der Waals surface area contributed by atoms with Crippen LogP contribution in [0.15, 0.2) is 46.9 Å². The molecule has 4 heteroatoms. The summed E-state index contributed by atoms with van der Waals surface area (Å²) < 4.78 is 14.7. The van der Waals surface area contributed by atoms with Gasteiger partial charge in [-0.3, -0.25) is 0 Å². The minimum atomic E-state index is -0.990. The fourth-order valence-electron chi connectivity index (χ4n) is 2.17. The van der Waals surface area contributed by atoms with Crippen molar-refractivity contribution in [2.45, 2.75) is 25.4 Å². The Balaban J connectivity index is 2.46. The number of aliphatic hydroxyl groups excluding tert-OH is 1. The zero-order valence-electron chi connectivity index (χ0n) is 11.2. The largest absolute Gasteiger partial charge is 0.387 e. The van der Waals surface area contributed by atoms with Crippen LogP contribution in [-0.2, 0) is 5.41 Å². The van der Waals surface area contributed by atoms with Crippen molar-refractivity contribution < 1.29 is 9.50 Å². The van der Waals surface area contributed by atoms with Crippen LogP contribution in [0.1, 0.15) is 31.1 Å². The van der Waals surface area contributed by atoms with E-state index in [4.69, 9.17) is 11.6 Å². The molecule has 0 radical (unpaired) electrons. The van der Waals surface area contributed by atoms with Gasteiger partial charge < -0.3 is 5.11 Å². The smallest absolute Gasteiger partial charge is 0.148 e. The number of aliphatic hydroxyl groups is 1. The molecule has 2 aromatic rings. The van der Waals surface area contributed by atoms with Gasteiger partial charge in [0.25, 0.3) is 0 Å². The molecule has 0 spiro atoms. The molecule has 0 heterocycles. The Kier molecular flexibility index (Phi) is 4.52. The molecule has 0 bridgehead atoms. The quantitative estimate of drug-likeness (QED) is 0.744. The fourth-order valence-corrected chi connectivity index (χ4v) is 2.64. The van der Waals surface area contributed by atoms with Crippen LogP contribution in [0.3, 0.4) is 0 Å². The molecule has 106 valence electrons. The van der Waals surface area contributed by atoms with E-state index in [0.717, 1.165) is 5.56 Å². The second kappa shape index (κ2) is 5.84. The summed E-state index contributed by atoms with van der Waals surface area (Å²) in [7, 11) is 0. The molecule has 0 aliphatic carbocycles. The first kappa shape index (κ1) is 15.5. The first-order valence-electron chi connectivity index (χ1n) is 6.22.